The number of carboxylic acids is 1. The molecule has 1 aromatic carbocycles. The molecule has 1 N–H and O–H groups in total. The van der Waals surface area contributed by atoms with E-state index in [9.17, 15) is 19.1 Å². The third-order valence-corrected chi connectivity index (χ3v) is 4.75. The van der Waals surface area contributed by atoms with Gasteiger partial charge in [-0.2, -0.15) is 0 Å². The molecule has 1 saturated carbocycles. The van der Waals surface area contributed by atoms with Crippen LogP contribution in [0, 0.1) is 11.2 Å². The summed E-state index contributed by atoms with van der Waals surface area (Å²) < 4.78 is 13.0. The molecule has 1 saturated heterocycles. The third-order valence-electron chi connectivity index (χ3n) is 4.75. The van der Waals surface area contributed by atoms with Gasteiger partial charge in [0, 0.05) is 18.5 Å². The molecule has 2 aliphatic rings. The first-order valence-electron chi connectivity index (χ1n) is 7.24. The lowest BCUT2D eigenvalue weighted by Crippen LogP contribution is -2.42. The Hall–Kier alpha value is -1.91. The molecule has 1 aliphatic heterocycles. The van der Waals surface area contributed by atoms with Gasteiger partial charge in [0.15, 0.2) is 0 Å². The van der Waals surface area contributed by atoms with Crippen molar-refractivity contribution in [2.75, 3.05) is 6.54 Å². The molecular weight excluding hydrogens is 273 g/mol. The van der Waals surface area contributed by atoms with Gasteiger partial charge in [-0.25, -0.2) is 4.39 Å². The Morgan fingerprint density at radius 2 is 1.90 bits per heavy atom. The maximum absolute atomic E-state index is 13.0. The highest BCUT2D eigenvalue weighted by atomic mass is 19.1. The third kappa shape index (κ3) is 2.30. The number of amides is 1. The Morgan fingerprint density at radius 3 is 2.43 bits per heavy atom. The summed E-state index contributed by atoms with van der Waals surface area (Å²) >= 11 is 0. The van der Waals surface area contributed by atoms with Crippen molar-refractivity contribution < 1.29 is 19.1 Å². The van der Waals surface area contributed by atoms with Crippen LogP contribution in [-0.4, -0.2) is 34.5 Å². The standard InChI is InChI=1S/C16H18FNO3/c1-10-8-12(11-2-4-13(17)5-3-11)9-18(10)14(19)16(6-7-16)15(20)21/h2-5,10,12H,6-9H2,1H3,(H,20,21)/t10-,12-/m0/s1. The minimum Gasteiger partial charge on any atom is -0.480 e. The van der Waals surface area contributed by atoms with Crippen LogP contribution in [0.5, 0.6) is 0 Å². The lowest BCUT2D eigenvalue weighted by atomic mass is 9.97. The van der Waals surface area contributed by atoms with Crippen LogP contribution in [0.15, 0.2) is 24.3 Å². The van der Waals surface area contributed by atoms with Gasteiger partial charge >= 0.3 is 5.97 Å². The first-order valence-corrected chi connectivity index (χ1v) is 7.24. The van der Waals surface area contributed by atoms with Crippen molar-refractivity contribution in [3.63, 3.8) is 0 Å². The minimum absolute atomic E-state index is 0.0179. The average Bonchev–Trinajstić information content (AvgIpc) is 3.17. The number of likely N-dealkylation sites (tertiary alicyclic amines) is 1. The molecule has 0 aromatic heterocycles. The van der Waals surface area contributed by atoms with E-state index in [1.165, 1.54) is 12.1 Å². The van der Waals surface area contributed by atoms with E-state index in [0.29, 0.717) is 19.4 Å². The van der Waals surface area contributed by atoms with E-state index in [0.717, 1.165) is 12.0 Å². The van der Waals surface area contributed by atoms with Crippen LogP contribution in [0.25, 0.3) is 0 Å². The number of rotatable bonds is 3. The van der Waals surface area contributed by atoms with Gasteiger partial charge < -0.3 is 10.0 Å². The Bertz CT molecular complexity index is 580. The Kier molecular flexibility index (Phi) is 3.23. The molecule has 4 nitrogen and oxygen atoms in total. The molecule has 1 amide bonds. The first-order chi connectivity index (χ1) is 9.94. The predicted molar refractivity (Wildman–Crippen MR) is 74.2 cm³/mol. The molecule has 0 bridgehead atoms. The number of carboxylic acid groups (broad SMARTS) is 1. The maximum atomic E-state index is 13.0. The second-order valence-corrected chi connectivity index (χ2v) is 6.18. The zero-order valence-electron chi connectivity index (χ0n) is 11.9. The quantitative estimate of drug-likeness (QED) is 0.870. The minimum atomic E-state index is -1.17. The summed E-state index contributed by atoms with van der Waals surface area (Å²) in [4.78, 5) is 25.5. The largest absolute Gasteiger partial charge is 0.480 e. The Balaban J connectivity index is 1.76. The molecule has 1 aliphatic carbocycles. The van der Waals surface area contributed by atoms with Gasteiger partial charge in [-0.1, -0.05) is 12.1 Å². The summed E-state index contributed by atoms with van der Waals surface area (Å²) in [6, 6.07) is 6.34. The van der Waals surface area contributed by atoms with Crippen molar-refractivity contribution in [3.05, 3.63) is 35.6 Å². The molecule has 3 rings (SSSR count). The van der Waals surface area contributed by atoms with E-state index in [2.05, 4.69) is 0 Å². The van der Waals surface area contributed by atoms with E-state index in [1.54, 1.807) is 17.0 Å². The monoisotopic (exact) mass is 291 g/mol. The second-order valence-electron chi connectivity index (χ2n) is 6.18. The fraction of sp³-hybridized carbons (Fsp3) is 0.500. The normalized spacial score (nSPS) is 26.7. The molecule has 0 spiro atoms. The van der Waals surface area contributed by atoms with Gasteiger partial charge in [-0.15, -0.1) is 0 Å². The van der Waals surface area contributed by atoms with Gasteiger partial charge in [0.2, 0.25) is 5.91 Å². The fourth-order valence-electron chi connectivity index (χ4n) is 3.21. The second kappa shape index (κ2) is 4.83. The highest BCUT2D eigenvalue weighted by Gasteiger charge is 2.59. The number of nitrogens with zero attached hydrogens (tertiary/aromatic N) is 1. The molecular formula is C16H18FNO3. The number of benzene rings is 1. The van der Waals surface area contributed by atoms with Gasteiger partial charge in [-0.3, -0.25) is 9.59 Å². The number of hydrogen-bond acceptors (Lipinski definition) is 2. The highest BCUT2D eigenvalue weighted by molar-refractivity contribution is 6.05. The number of aliphatic carboxylic acids is 1. The topological polar surface area (TPSA) is 57.6 Å². The lowest BCUT2D eigenvalue weighted by Gasteiger charge is -2.24. The number of carbonyl (C=O) groups excluding carboxylic acids is 1. The maximum Gasteiger partial charge on any atom is 0.319 e. The smallest absolute Gasteiger partial charge is 0.319 e. The molecule has 1 aromatic rings. The van der Waals surface area contributed by atoms with E-state index >= 15 is 0 Å². The zero-order valence-corrected chi connectivity index (χ0v) is 11.9. The number of halogens is 1. The van der Waals surface area contributed by atoms with E-state index in [-0.39, 0.29) is 23.7 Å². The van der Waals surface area contributed by atoms with Crippen LogP contribution in [-0.2, 0) is 9.59 Å². The fourth-order valence-corrected chi connectivity index (χ4v) is 3.21. The predicted octanol–water partition coefficient (Wildman–Crippen LogP) is 2.39. The molecule has 1 heterocycles. The SMILES string of the molecule is C[C@H]1C[C@H](c2ccc(F)cc2)CN1C(=O)C1(C(=O)O)CC1. The molecule has 112 valence electrons. The van der Waals surface area contributed by atoms with Crippen LogP contribution in [0.1, 0.15) is 37.7 Å². The summed E-state index contributed by atoms with van der Waals surface area (Å²) in [5.74, 6) is -1.40. The van der Waals surface area contributed by atoms with Crippen LogP contribution in [0.2, 0.25) is 0 Å². The van der Waals surface area contributed by atoms with Gasteiger partial charge in [0.1, 0.15) is 11.2 Å². The summed E-state index contributed by atoms with van der Waals surface area (Å²) in [5, 5.41) is 9.25. The van der Waals surface area contributed by atoms with Crippen molar-refractivity contribution in [3.8, 4) is 0 Å². The van der Waals surface area contributed by atoms with Crippen LogP contribution in [0.4, 0.5) is 4.39 Å². The highest BCUT2D eigenvalue weighted by Crippen LogP contribution is 2.49. The number of hydrogen-bond donors (Lipinski definition) is 1. The van der Waals surface area contributed by atoms with Crippen molar-refractivity contribution in [2.45, 2.75) is 38.1 Å². The first kappa shape index (κ1) is 14.0. The summed E-state index contributed by atoms with van der Waals surface area (Å²) in [7, 11) is 0. The van der Waals surface area contributed by atoms with Gasteiger partial charge in [-0.05, 0) is 43.9 Å². The van der Waals surface area contributed by atoms with E-state index < -0.39 is 11.4 Å². The molecule has 0 unspecified atom stereocenters. The molecule has 2 atom stereocenters. The van der Waals surface area contributed by atoms with Crippen LogP contribution >= 0.6 is 0 Å². The zero-order chi connectivity index (χ0) is 15.2. The summed E-state index contributed by atoms with van der Waals surface area (Å²) in [5.41, 5.74) is -0.176. The van der Waals surface area contributed by atoms with Crippen molar-refractivity contribution in [1.29, 1.82) is 0 Å². The van der Waals surface area contributed by atoms with Crippen molar-refractivity contribution >= 4 is 11.9 Å². The molecule has 0 radical (unpaired) electrons. The lowest BCUT2D eigenvalue weighted by molar-refractivity contribution is -0.153. The Morgan fingerprint density at radius 1 is 1.29 bits per heavy atom. The van der Waals surface area contributed by atoms with E-state index in [1.807, 2.05) is 6.92 Å². The average molecular weight is 291 g/mol. The molecule has 21 heavy (non-hydrogen) atoms. The number of carbonyl (C=O) groups is 2. The molecule has 5 heteroatoms. The van der Waals surface area contributed by atoms with Gasteiger partial charge in [0.05, 0.1) is 0 Å². The van der Waals surface area contributed by atoms with Crippen molar-refractivity contribution in [1.82, 2.24) is 4.90 Å². The van der Waals surface area contributed by atoms with Crippen LogP contribution < -0.4 is 0 Å². The van der Waals surface area contributed by atoms with E-state index in [4.69, 9.17) is 0 Å². The van der Waals surface area contributed by atoms with Gasteiger partial charge in [0.25, 0.3) is 0 Å². The molecule has 2 fully saturated rings. The van der Waals surface area contributed by atoms with Crippen molar-refractivity contribution in [2.24, 2.45) is 5.41 Å². The summed E-state index contributed by atoms with van der Waals surface area (Å²) in [6.07, 6.45) is 1.66. The Labute approximate surface area is 122 Å². The summed E-state index contributed by atoms with van der Waals surface area (Å²) in [6.45, 7) is 2.46. The van der Waals surface area contributed by atoms with Crippen LogP contribution in [0.3, 0.4) is 0 Å².